The Morgan fingerprint density at radius 1 is 1.47 bits per heavy atom. The Morgan fingerprint density at radius 3 is 2.58 bits per heavy atom. The van der Waals surface area contributed by atoms with E-state index in [1.165, 1.54) is 0 Å². The molecule has 6 heteroatoms. The summed E-state index contributed by atoms with van der Waals surface area (Å²) in [7, 11) is 1.74. The standard InChI is InChI=1S/C13H24N2O3S/c1-5-6-11-15(10(8-19-11)12(16)17)13(18)14(4)7-9(2)3/h9-11H,5-8H2,1-4H3,(H,16,17). The molecule has 1 aliphatic rings. The van der Waals surface area contributed by atoms with Crippen LogP contribution in [0.1, 0.15) is 33.6 Å². The molecule has 1 fully saturated rings. The number of thioether (sulfide) groups is 1. The molecule has 2 atom stereocenters. The van der Waals surface area contributed by atoms with Gasteiger partial charge in [-0.1, -0.05) is 27.2 Å². The molecule has 19 heavy (non-hydrogen) atoms. The summed E-state index contributed by atoms with van der Waals surface area (Å²) in [5, 5.41) is 9.25. The fraction of sp³-hybridized carbons (Fsp3) is 0.846. The molecule has 1 aliphatic heterocycles. The molecule has 0 radical (unpaired) electrons. The van der Waals surface area contributed by atoms with Gasteiger partial charge < -0.3 is 10.0 Å². The molecule has 0 aliphatic carbocycles. The third-order valence-corrected chi connectivity index (χ3v) is 4.46. The fourth-order valence-electron chi connectivity index (χ4n) is 2.30. The van der Waals surface area contributed by atoms with E-state index in [1.54, 1.807) is 28.6 Å². The molecule has 1 heterocycles. The zero-order valence-corrected chi connectivity index (χ0v) is 12.9. The molecule has 0 bridgehead atoms. The first-order valence-corrected chi connectivity index (χ1v) is 7.81. The number of amides is 2. The van der Waals surface area contributed by atoms with Crippen LogP contribution in [0.2, 0.25) is 0 Å². The number of carboxylic acid groups (broad SMARTS) is 1. The number of hydrogen-bond donors (Lipinski definition) is 1. The highest BCUT2D eigenvalue weighted by molar-refractivity contribution is 8.00. The Labute approximate surface area is 119 Å². The van der Waals surface area contributed by atoms with E-state index >= 15 is 0 Å². The lowest BCUT2D eigenvalue weighted by Gasteiger charge is -2.32. The van der Waals surface area contributed by atoms with Gasteiger partial charge in [-0.2, -0.15) is 0 Å². The lowest BCUT2D eigenvalue weighted by molar-refractivity contribution is -0.141. The van der Waals surface area contributed by atoms with Crippen LogP contribution < -0.4 is 0 Å². The molecule has 110 valence electrons. The highest BCUT2D eigenvalue weighted by Gasteiger charge is 2.42. The molecule has 2 amide bonds. The number of carboxylic acids is 1. The number of carbonyl (C=O) groups excluding carboxylic acids is 1. The summed E-state index contributed by atoms with van der Waals surface area (Å²) in [5.41, 5.74) is 0. The zero-order chi connectivity index (χ0) is 14.6. The summed E-state index contributed by atoms with van der Waals surface area (Å²) in [6.07, 6.45) is 1.79. The van der Waals surface area contributed by atoms with Gasteiger partial charge in [0.2, 0.25) is 0 Å². The quantitative estimate of drug-likeness (QED) is 0.843. The van der Waals surface area contributed by atoms with E-state index in [0.29, 0.717) is 18.2 Å². The normalized spacial score (nSPS) is 22.9. The highest BCUT2D eigenvalue weighted by Crippen LogP contribution is 2.33. The Balaban J connectivity index is 2.82. The van der Waals surface area contributed by atoms with Crippen molar-refractivity contribution in [3.63, 3.8) is 0 Å². The van der Waals surface area contributed by atoms with Crippen LogP contribution in [-0.4, -0.2) is 57.7 Å². The predicted octanol–water partition coefficient (Wildman–Crippen LogP) is 2.32. The molecule has 0 saturated carbocycles. The van der Waals surface area contributed by atoms with E-state index < -0.39 is 12.0 Å². The number of carbonyl (C=O) groups is 2. The molecule has 1 saturated heterocycles. The largest absolute Gasteiger partial charge is 0.480 e. The van der Waals surface area contributed by atoms with Crippen molar-refractivity contribution in [1.82, 2.24) is 9.80 Å². The molecule has 0 aromatic carbocycles. The first-order chi connectivity index (χ1) is 8.88. The molecule has 1 N–H and O–H groups in total. The second kappa shape index (κ2) is 7.03. The van der Waals surface area contributed by atoms with Crippen LogP contribution in [0.4, 0.5) is 4.79 Å². The van der Waals surface area contributed by atoms with Crippen LogP contribution in [0, 0.1) is 5.92 Å². The Morgan fingerprint density at radius 2 is 2.11 bits per heavy atom. The number of urea groups is 1. The summed E-state index contributed by atoms with van der Waals surface area (Å²) in [4.78, 5) is 26.9. The van der Waals surface area contributed by atoms with Crippen LogP contribution in [-0.2, 0) is 4.79 Å². The second-order valence-corrected chi connectivity index (χ2v) is 6.61. The van der Waals surface area contributed by atoms with Gasteiger partial charge in [0.25, 0.3) is 0 Å². The van der Waals surface area contributed by atoms with Crippen molar-refractivity contribution in [2.75, 3.05) is 19.3 Å². The van der Waals surface area contributed by atoms with Crippen molar-refractivity contribution in [2.45, 2.75) is 45.0 Å². The SMILES string of the molecule is CCCC1SCC(C(=O)O)N1C(=O)N(C)CC(C)C. The van der Waals surface area contributed by atoms with Gasteiger partial charge in [-0.25, -0.2) is 9.59 Å². The van der Waals surface area contributed by atoms with Gasteiger partial charge in [0.15, 0.2) is 0 Å². The van der Waals surface area contributed by atoms with Gasteiger partial charge >= 0.3 is 12.0 Å². The van der Waals surface area contributed by atoms with Crippen LogP contribution in [0.15, 0.2) is 0 Å². The molecular weight excluding hydrogens is 264 g/mol. The van der Waals surface area contributed by atoms with E-state index in [-0.39, 0.29) is 11.4 Å². The van der Waals surface area contributed by atoms with E-state index in [1.807, 2.05) is 13.8 Å². The average Bonchev–Trinajstić information content (AvgIpc) is 2.71. The Hall–Kier alpha value is -0.910. The third kappa shape index (κ3) is 4.03. The maximum Gasteiger partial charge on any atom is 0.327 e. The summed E-state index contributed by atoms with van der Waals surface area (Å²) in [5.74, 6) is -0.0455. The van der Waals surface area contributed by atoms with E-state index in [9.17, 15) is 14.7 Å². The van der Waals surface area contributed by atoms with Crippen LogP contribution in [0.5, 0.6) is 0 Å². The monoisotopic (exact) mass is 288 g/mol. The molecule has 0 spiro atoms. The topological polar surface area (TPSA) is 60.9 Å². The van der Waals surface area contributed by atoms with Crippen molar-refractivity contribution in [3.05, 3.63) is 0 Å². The lowest BCUT2D eigenvalue weighted by Crippen LogP contribution is -2.51. The van der Waals surface area contributed by atoms with Gasteiger partial charge in [0.05, 0.1) is 5.37 Å². The fourth-order valence-corrected chi connectivity index (χ4v) is 3.81. The lowest BCUT2D eigenvalue weighted by atomic mass is 10.2. The van der Waals surface area contributed by atoms with Crippen molar-refractivity contribution in [2.24, 2.45) is 5.92 Å². The molecule has 1 rings (SSSR count). The van der Waals surface area contributed by atoms with E-state index in [4.69, 9.17) is 0 Å². The molecular formula is C13H24N2O3S. The van der Waals surface area contributed by atoms with E-state index in [0.717, 1.165) is 12.8 Å². The first-order valence-electron chi connectivity index (χ1n) is 6.76. The maximum atomic E-state index is 12.5. The number of nitrogens with zero attached hydrogens (tertiary/aromatic N) is 2. The van der Waals surface area contributed by atoms with Gasteiger partial charge in [-0.05, 0) is 12.3 Å². The third-order valence-electron chi connectivity index (χ3n) is 3.10. The first kappa shape index (κ1) is 16.1. The summed E-state index contributed by atoms with van der Waals surface area (Å²) in [6, 6.07) is -0.854. The van der Waals surface area contributed by atoms with Gasteiger partial charge in [0, 0.05) is 19.3 Å². The van der Waals surface area contributed by atoms with Crippen LogP contribution in [0.3, 0.4) is 0 Å². The van der Waals surface area contributed by atoms with Crippen molar-refractivity contribution < 1.29 is 14.7 Å². The Bertz CT molecular complexity index is 336. The molecule has 5 nitrogen and oxygen atoms in total. The summed E-state index contributed by atoms with van der Waals surface area (Å²) >= 11 is 1.57. The number of rotatable bonds is 5. The van der Waals surface area contributed by atoms with Gasteiger partial charge in [-0.15, -0.1) is 11.8 Å². The minimum Gasteiger partial charge on any atom is -0.480 e. The van der Waals surface area contributed by atoms with E-state index in [2.05, 4.69) is 6.92 Å². The molecule has 0 aromatic heterocycles. The van der Waals surface area contributed by atoms with Crippen LogP contribution >= 0.6 is 11.8 Å². The van der Waals surface area contributed by atoms with Crippen molar-refractivity contribution in [1.29, 1.82) is 0 Å². The maximum absolute atomic E-state index is 12.5. The average molecular weight is 288 g/mol. The van der Waals surface area contributed by atoms with Gasteiger partial charge in [-0.3, -0.25) is 4.90 Å². The van der Waals surface area contributed by atoms with Crippen LogP contribution in [0.25, 0.3) is 0 Å². The summed E-state index contributed by atoms with van der Waals surface area (Å²) < 4.78 is 0. The zero-order valence-electron chi connectivity index (χ0n) is 12.1. The van der Waals surface area contributed by atoms with Gasteiger partial charge in [0.1, 0.15) is 6.04 Å². The summed E-state index contributed by atoms with van der Waals surface area (Å²) in [6.45, 7) is 6.78. The molecule has 0 aromatic rings. The van der Waals surface area contributed by atoms with Crippen molar-refractivity contribution >= 4 is 23.8 Å². The number of hydrogen-bond acceptors (Lipinski definition) is 3. The predicted molar refractivity (Wildman–Crippen MR) is 77.3 cm³/mol. The number of aliphatic carboxylic acids is 1. The highest BCUT2D eigenvalue weighted by atomic mass is 32.2. The Kier molecular flexibility index (Phi) is 5.97. The minimum atomic E-state index is -0.905. The van der Waals surface area contributed by atoms with Crippen molar-refractivity contribution in [3.8, 4) is 0 Å². The smallest absolute Gasteiger partial charge is 0.327 e. The minimum absolute atomic E-state index is 0.00628. The second-order valence-electron chi connectivity index (χ2n) is 5.39. The molecule has 2 unspecified atom stereocenters.